The summed E-state index contributed by atoms with van der Waals surface area (Å²) in [4.78, 5) is 3.77. The third kappa shape index (κ3) is 3.83. The molecule has 10 heteroatoms. The highest BCUT2D eigenvalue weighted by Gasteiger charge is 2.31. The van der Waals surface area contributed by atoms with E-state index in [1.54, 1.807) is 12.4 Å². The highest BCUT2D eigenvalue weighted by molar-refractivity contribution is 5.37. The Morgan fingerprint density at radius 3 is 2.60 bits per heavy atom. The van der Waals surface area contributed by atoms with Crippen molar-refractivity contribution in [3.8, 4) is 5.69 Å². The lowest BCUT2D eigenvalue weighted by molar-refractivity contribution is -0.137. The van der Waals surface area contributed by atoms with Gasteiger partial charge in [0.05, 0.1) is 17.4 Å². The third-order valence-electron chi connectivity index (χ3n) is 3.50. The Labute approximate surface area is 138 Å². The second-order valence-corrected chi connectivity index (χ2v) is 5.25. The number of rotatable bonds is 5. The first-order chi connectivity index (χ1) is 11.8. The zero-order valence-electron chi connectivity index (χ0n) is 12.6. The summed E-state index contributed by atoms with van der Waals surface area (Å²) in [6, 6.07) is 4.31. The van der Waals surface area contributed by atoms with Gasteiger partial charge in [-0.15, -0.1) is 5.10 Å². The summed E-state index contributed by atoms with van der Waals surface area (Å²) in [5.41, 5.74) is -0.0477. The zero-order chi connectivity index (χ0) is 18.0. The summed E-state index contributed by atoms with van der Waals surface area (Å²) in [5, 5.41) is 10.1. The number of alkyl halides is 5. The average molecular weight is 357 g/mol. The van der Waals surface area contributed by atoms with Crippen LogP contribution in [0, 0.1) is 0 Å². The summed E-state index contributed by atoms with van der Waals surface area (Å²) >= 11 is 0. The van der Waals surface area contributed by atoms with Gasteiger partial charge in [-0.1, -0.05) is 6.07 Å². The van der Waals surface area contributed by atoms with Crippen LogP contribution in [-0.2, 0) is 19.0 Å². The average Bonchev–Trinajstić information content (AvgIpc) is 3.22. The predicted octanol–water partition coefficient (Wildman–Crippen LogP) is 3.73. The van der Waals surface area contributed by atoms with E-state index in [9.17, 15) is 22.0 Å². The minimum Gasteiger partial charge on any atom is -0.285 e. The van der Waals surface area contributed by atoms with Crippen molar-refractivity contribution >= 4 is 0 Å². The minimum absolute atomic E-state index is 0.0245. The number of nitrogens with zero attached hydrogens (tertiary/aromatic N) is 4. The lowest BCUT2D eigenvalue weighted by Gasteiger charge is -2.10. The number of nitrogens with one attached hydrogen (secondary N) is 1. The molecule has 0 radical (unpaired) electrons. The first-order valence-electron chi connectivity index (χ1n) is 7.24. The second kappa shape index (κ2) is 6.61. The molecule has 2 heterocycles. The van der Waals surface area contributed by atoms with Gasteiger partial charge in [-0.3, -0.25) is 5.10 Å². The van der Waals surface area contributed by atoms with E-state index in [2.05, 4.69) is 20.3 Å². The van der Waals surface area contributed by atoms with Gasteiger partial charge in [-0.05, 0) is 30.2 Å². The van der Waals surface area contributed by atoms with Gasteiger partial charge in [0.15, 0.2) is 0 Å². The lowest BCUT2D eigenvalue weighted by atomic mass is 10.1. The number of hydrogen-bond donors (Lipinski definition) is 1. The molecule has 0 amide bonds. The van der Waals surface area contributed by atoms with Crippen LogP contribution in [0.25, 0.3) is 5.69 Å². The maximum absolute atomic E-state index is 12.9. The van der Waals surface area contributed by atoms with Crippen molar-refractivity contribution in [1.82, 2.24) is 25.0 Å². The number of aryl methyl sites for hydroxylation is 2. The van der Waals surface area contributed by atoms with E-state index >= 15 is 0 Å². The Kier molecular flexibility index (Phi) is 4.51. The highest BCUT2D eigenvalue weighted by atomic mass is 19.4. The summed E-state index contributed by atoms with van der Waals surface area (Å²) < 4.78 is 65.5. The Morgan fingerprint density at radius 1 is 1.16 bits per heavy atom. The second-order valence-electron chi connectivity index (χ2n) is 5.25. The van der Waals surface area contributed by atoms with Crippen LogP contribution in [0.15, 0.2) is 36.7 Å². The molecule has 1 aromatic carbocycles. The van der Waals surface area contributed by atoms with Crippen LogP contribution in [0.5, 0.6) is 0 Å². The van der Waals surface area contributed by atoms with Gasteiger partial charge in [0.2, 0.25) is 5.82 Å². The fourth-order valence-electron chi connectivity index (χ4n) is 2.31. The Balaban J connectivity index is 1.96. The van der Waals surface area contributed by atoms with E-state index in [1.807, 2.05) is 0 Å². The van der Waals surface area contributed by atoms with Gasteiger partial charge in [-0.25, -0.2) is 18.4 Å². The lowest BCUT2D eigenvalue weighted by Crippen LogP contribution is -2.09. The van der Waals surface area contributed by atoms with E-state index in [0.29, 0.717) is 6.42 Å². The molecule has 0 bridgehead atoms. The van der Waals surface area contributed by atoms with Crippen molar-refractivity contribution < 1.29 is 22.0 Å². The molecule has 132 valence electrons. The van der Waals surface area contributed by atoms with Gasteiger partial charge >= 0.3 is 6.18 Å². The molecule has 3 aromatic rings. The largest absolute Gasteiger partial charge is 0.416 e. The molecule has 0 aliphatic carbocycles. The van der Waals surface area contributed by atoms with Gasteiger partial charge in [0, 0.05) is 12.6 Å². The molecule has 0 fully saturated rings. The predicted molar refractivity (Wildman–Crippen MR) is 77.3 cm³/mol. The summed E-state index contributed by atoms with van der Waals surface area (Å²) in [7, 11) is 0. The molecule has 0 saturated heterocycles. The summed E-state index contributed by atoms with van der Waals surface area (Å²) in [6.45, 7) is 0. The van der Waals surface area contributed by atoms with Crippen LogP contribution >= 0.6 is 0 Å². The number of H-pyrrole nitrogens is 1. The van der Waals surface area contributed by atoms with Crippen molar-refractivity contribution in [2.45, 2.75) is 25.4 Å². The molecule has 0 spiro atoms. The van der Waals surface area contributed by atoms with Crippen molar-refractivity contribution in [1.29, 1.82) is 0 Å². The van der Waals surface area contributed by atoms with Crippen LogP contribution in [0.1, 0.15) is 29.2 Å². The molecule has 1 N–H and O–H groups in total. The van der Waals surface area contributed by atoms with Crippen LogP contribution in [-0.4, -0.2) is 25.0 Å². The quantitative estimate of drug-likeness (QED) is 0.708. The van der Waals surface area contributed by atoms with E-state index in [0.717, 1.165) is 22.4 Å². The molecule has 0 saturated carbocycles. The molecular weight excluding hydrogens is 345 g/mol. The monoisotopic (exact) mass is 357 g/mol. The van der Waals surface area contributed by atoms with E-state index < -0.39 is 24.0 Å². The number of aromatic amines is 1. The van der Waals surface area contributed by atoms with Crippen LogP contribution in [0.4, 0.5) is 22.0 Å². The van der Waals surface area contributed by atoms with Crippen LogP contribution in [0.3, 0.4) is 0 Å². The summed E-state index contributed by atoms with van der Waals surface area (Å²) in [5.74, 6) is -0.574. The molecule has 5 nitrogen and oxygen atoms in total. The van der Waals surface area contributed by atoms with Gasteiger partial charge in [0.25, 0.3) is 6.43 Å². The van der Waals surface area contributed by atoms with Crippen molar-refractivity contribution in [2.75, 3.05) is 0 Å². The van der Waals surface area contributed by atoms with Crippen molar-refractivity contribution in [2.24, 2.45) is 0 Å². The Hall–Kier alpha value is -2.78. The Bertz CT molecular complexity index is 838. The number of aromatic nitrogens is 5. The first-order valence-corrected chi connectivity index (χ1v) is 7.24. The smallest absolute Gasteiger partial charge is 0.285 e. The molecule has 3 rings (SSSR count). The van der Waals surface area contributed by atoms with E-state index in [-0.39, 0.29) is 17.9 Å². The number of halogens is 5. The minimum atomic E-state index is -4.54. The van der Waals surface area contributed by atoms with E-state index in [1.165, 1.54) is 12.1 Å². The summed E-state index contributed by atoms with van der Waals surface area (Å²) in [6.07, 6.45) is -3.61. The van der Waals surface area contributed by atoms with Crippen LogP contribution in [0.2, 0.25) is 0 Å². The molecule has 0 aliphatic rings. The standard InChI is InChI=1S/C15H12F5N5/c16-13(17)14-23-12(5-4-9-7-21-22-8-9)25(24-14)11-3-1-2-10(6-11)15(18,19)20/h1-3,6-8,13H,4-5H2,(H,21,22). The molecule has 2 aromatic heterocycles. The molecule has 0 unspecified atom stereocenters. The highest BCUT2D eigenvalue weighted by Crippen LogP contribution is 2.30. The normalized spacial score (nSPS) is 12.1. The van der Waals surface area contributed by atoms with E-state index in [4.69, 9.17) is 0 Å². The fourth-order valence-corrected chi connectivity index (χ4v) is 2.31. The van der Waals surface area contributed by atoms with Crippen LogP contribution < -0.4 is 0 Å². The van der Waals surface area contributed by atoms with Crippen molar-refractivity contribution in [3.63, 3.8) is 0 Å². The SMILES string of the molecule is FC(F)c1nc(CCc2cn[nH]c2)n(-c2cccc(C(F)(F)F)c2)n1. The molecular formula is C15H12F5N5. The maximum Gasteiger partial charge on any atom is 0.416 e. The third-order valence-corrected chi connectivity index (χ3v) is 3.50. The maximum atomic E-state index is 12.9. The fraction of sp³-hybridized carbons (Fsp3) is 0.267. The van der Waals surface area contributed by atoms with Gasteiger partial charge in [-0.2, -0.15) is 18.3 Å². The Morgan fingerprint density at radius 2 is 1.96 bits per heavy atom. The molecule has 0 atom stereocenters. The topological polar surface area (TPSA) is 59.4 Å². The molecule has 0 aliphatic heterocycles. The zero-order valence-corrected chi connectivity index (χ0v) is 12.6. The van der Waals surface area contributed by atoms with Gasteiger partial charge in [0.1, 0.15) is 5.82 Å². The number of hydrogen-bond acceptors (Lipinski definition) is 3. The number of benzene rings is 1. The molecule has 25 heavy (non-hydrogen) atoms. The van der Waals surface area contributed by atoms with Gasteiger partial charge < -0.3 is 0 Å². The van der Waals surface area contributed by atoms with Crippen molar-refractivity contribution in [3.05, 3.63) is 59.4 Å². The first kappa shape index (κ1) is 17.1.